The SMILES string of the molecule is CCc1cccc(C)c1NC(=O)CNc1ccc(C)cc1C. The Morgan fingerprint density at radius 2 is 1.82 bits per heavy atom. The van der Waals surface area contributed by atoms with Crippen molar-refractivity contribution in [3.8, 4) is 0 Å². The third kappa shape index (κ3) is 3.88. The number of hydrogen-bond acceptors (Lipinski definition) is 2. The van der Waals surface area contributed by atoms with E-state index in [9.17, 15) is 4.79 Å². The number of benzene rings is 2. The van der Waals surface area contributed by atoms with Gasteiger partial charge in [-0.25, -0.2) is 0 Å². The largest absolute Gasteiger partial charge is 0.376 e. The topological polar surface area (TPSA) is 41.1 Å². The summed E-state index contributed by atoms with van der Waals surface area (Å²) < 4.78 is 0. The molecule has 3 heteroatoms. The van der Waals surface area contributed by atoms with E-state index in [1.54, 1.807) is 0 Å². The van der Waals surface area contributed by atoms with Crippen molar-refractivity contribution in [2.24, 2.45) is 0 Å². The third-order valence-electron chi connectivity index (χ3n) is 3.83. The first kappa shape index (κ1) is 16.1. The van der Waals surface area contributed by atoms with Gasteiger partial charge in [0.15, 0.2) is 0 Å². The molecule has 0 fully saturated rings. The summed E-state index contributed by atoms with van der Waals surface area (Å²) in [5.74, 6) is -0.0241. The number of carbonyl (C=O) groups is 1. The summed E-state index contributed by atoms with van der Waals surface area (Å²) in [5.41, 5.74) is 6.58. The van der Waals surface area contributed by atoms with Crippen molar-refractivity contribution >= 4 is 17.3 Å². The van der Waals surface area contributed by atoms with E-state index < -0.39 is 0 Å². The lowest BCUT2D eigenvalue weighted by Gasteiger charge is -2.14. The summed E-state index contributed by atoms with van der Waals surface area (Å²) in [7, 11) is 0. The zero-order valence-corrected chi connectivity index (χ0v) is 13.8. The summed E-state index contributed by atoms with van der Waals surface area (Å²) in [6.45, 7) is 8.49. The van der Waals surface area contributed by atoms with Crippen LogP contribution < -0.4 is 10.6 Å². The fourth-order valence-electron chi connectivity index (χ4n) is 2.57. The van der Waals surface area contributed by atoms with Gasteiger partial charge in [-0.15, -0.1) is 0 Å². The molecule has 0 aliphatic heterocycles. The number of rotatable bonds is 5. The Morgan fingerprint density at radius 1 is 1.05 bits per heavy atom. The first-order valence-electron chi connectivity index (χ1n) is 7.70. The van der Waals surface area contributed by atoms with Crippen LogP contribution in [0.3, 0.4) is 0 Å². The van der Waals surface area contributed by atoms with Gasteiger partial charge in [-0.2, -0.15) is 0 Å². The highest BCUT2D eigenvalue weighted by molar-refractivity contribution is 5.95. The molecule has 0 unspecified atom stereocenters. The molecular formula is C19H24N2O. The molecule has 22 heavy (non-hydrogen) atoms. The van der Waals surface area contributed by atoms with Crippen LogP contribution in [0.1, 0.15) is 29.2 Å². The van der Waals surface area contributed by atoms with Crippen LogP contribution in [0, 0.1) is 20.8 Å². The highest BCUT2D eigenvalue weighted by Gasteiger charge is 2.09. The number of para-hydroxylation sites is 1. The predicted octanol–water partition coefficient (Wildman–Crippen LogP) is 4.22. The summed E-state index contributed by atoms with van der Waals surface area (Å²) >= 11 is 0. The van der Waals surface area contributed by atoms with E-state index in [1.807, 2.05) is 38.1 Å². The minimum Gasteiger partial charge on any atom is -0.376 e. The minimum atomic E-state index is -0.0241. The van der Waals surface area contributed by atoms with Gasteiger partial charge in [0.2, 0.25) is 5.91 Å². The van der Waals surface area contributed by atoms with Gasteiger partial charge >= 0.3 is 0 Å². The molecule has 0 bridgehead atoms. The molecular weight excluding hydrogens is 272 g/mol. The van der Waals surface area contributed by atoms with Gasteiger partial charge in [0.05, 0.1) is 6.54 Å². The van der Waals surface area contributed by atoms with Crippen LogP contribution in [0.15, 0.2) is 36.4 Å². The minimum absolute atomic E-state index is 0.0241. The Balaban J connectivity index is 2.02. The van der Waals surface area contributed by atoms with Gasteiger partial charge in [0.1, 0.15) is 0 Å². The molecule has 3 nitrogen and oxygen atoms in total. The van der Waals surface area contributed by atoms with Gasteiger partial charge < -0.3 is 10.6 Å². The highest BCUT2D eigenvalue weighted by atomic mass is 16.1. The van der Waals surface area contributed by atoms with Gasteiger partial charge in [0, 0.05) is 11.4 Å². The number of hydrogen-bond donors (Lipinski definition) is 2. The molecule has 2 N–H and O–H groups in total. The Labute approximate surface area is 132 Å². The monoisotopic (exact) mass is 296 g/mol. The lowest BCUT2D eigenvalue weighted by molar-refractivity contribution is -0.114. The summed E-state index contributed by atoms with van der Waals surface area (Å²) in [5, 5.41) is 6.23. The fourth-order valence-corrected chi connectivity index (χ4v) is 2.57. The summed E-state index contributed by atoms with van der Waals surface area (Å²) in [6, 6.07) is 12.3. The van der Waals surface area contributed by atoms with Crippen molar-refractivity contribution in [3.63, 3.8) is 0 Å². The Kier molecular flexibility index (Phi) is 5.21. The summed E-state index contributed by atoms with van der Waals surface area (Å²) in [6.07, 6.45) is 0.905. The van der Waals surface area contributed by atoms with Gasteiger partial charge in [0.25, 0.3) is 0 Å². The van der Waals surface area contributed by atoms with Gasteiger partial charge in [-0.3, -0.25) is 4.79 Å². The number of nitrogens with one attached hydrogen (secondary N) is 2. The van der Waals surface area contributed by atoms with Crippen LogP contribution in [0.2, 0.25) is 0 Å². The van der Waals surface area contributed by atoms with Gasteiger partial charge in [-0.05, 0) is 49.9 Å². The van der Waals surface area contributed by atoms with Crippen molar-refractivity contribution in [3.05, 3.63) is 58.7 Å². The molecule has 2 aromatic rings. The van der Waals surface area contributed by atoms with E-state index in [0.717, 1.165) is 28.9 Å². The third-order valence-corrected chi connectivity index (χ3v) is 3.83. The number of aryl methyl sites for hydroxylation is 4. The van der Waals surface area contributed by atoms with Crippen LogP contribution in [0.25, 0.3) is 0 Å². The van der Waals surface area contributed by atoms with Crippen LogP contribution in [0.5, 0.6) is 0 Å². The average molecular weight is 296 g/mol. The first-order chi connectivity index (χ1) is 10.5. The average Bonchev–Trinajstić information content (AvgIpc) is 2.48. The highest BCUT2D eigenvalue weighted by Crippen LogP contribution is 2.21. The number of anilines is 2. The molecule has 0 aromatic heterocycles. The Morgan fingerprint density at radius 3 is 2.50 bits per heavy atom. The van der Waals surface area contributed by atoms with Crippen molar-refractivity contribution in [1.29, 1.82) is 0 Å². The van der Waals surface area contributed by atoms with Crippen molar-refractivity contribution in [1.82, 2.24) is 0 Å². The molecule has 0 saturated heterocycles. The maximum absolute atomic E-state index is 12.2. The van der Waals surface area contributed by atoms with E-state index in [4.69, 9.17) is 0 Å². The second-order valence-corrected chi connectivity index (χ2v) is 5.68. The lowest BCUT2D eigenvalue weighted by Crippen LogP contribution is -2.23. The zero-order valence-electron chi connectivity index (χ0n) is 13.8. The predicted molar refractivity (Wildman–Crippen MR) is 93.6 cm³/mol. The lowest BCUT2D eigenvalue weighted by atomic mass is 10.1. The molecule has 2 rings (SSSR count). The van der Waals surface area contributed by atoms with Crippen LogP contribution in [-0.4, -0.2) is 12.5 Å². The molecule has 0 aliphatic carbocycles. The standard InChI is InChI=1S/C19H24N2O/c1-5-16-8-6-7-14(3)19(16)21-18(22)12-20-17-10-9-13(2)11-15(17)4/h6-11,20H,5,12H2,1-4H3,(H,21,22). The zero-order chi connectivity index (χ0) is 16.1. The number of amides is 1. The second-order valence-electron chi connectivity index (χ2n) is 5.68. The van der Waals surface area contributed by atoms with E-state index >= 15 is 0 Å². The first-order valence-corrected chi connectivity index (χ1v) is 7.70. The maximum atomic E-state index is 12.2. The smallest absolute Gasteiger partial charge is 0.243 e. The molecule has 0 atom stereocenters. The molecule has 116 valence electrons. The fraction of sp³-hybridized carbons (Fsp3) is 0.316. The molecule has 1 amide bonds. The molecule has 0 radical (unpaired) electrons. The van der Waals surface area contributed by atoms with Crippen molar-refractivity contribution in [2.45, 2.75) is 34.1 Å². The van der Waals surface area contributed by atoms with Gasteiger partial charge in [-0.1, -0.05) is 42.8 Å². The second kappa shape index (κ2) is 7.12. The van der Waals surface area contributed by atoms with Crippen LogP contribution in [-0.2, 0) is 11.2 Å². The van der Waals surface area contributed by atoms with Crippen molar-refractivity contribution in [2.75, 3.05) is 17.2 Å². The number of carbonyl (C=O) groups excluding carboxylic acids is 1. The summed E-state index contributed by atoms with van der Waals surface area (Å²) in [4.78, 5) is 12.2. The van der Waals surface area contributed by atoms with E-state index in [-0.39, 0.29) is 12.5 Å². The Hall–Kier alpha value is -2.29. The van der Waals surface area contributed by atoms with Crippen molar-refractivity contribution < 1.29 is 4.79 Å². The van der Waals surface area contributed by atoms with Crippen LogP contribution in [0.4, 0.5) is 11.4 Å². The van der Waals surface area contributed by atoms with E-state index in [2.05, 4.69) is 36.6 Å². The molecule has 0 heterocycles. The normalized spacial score (nSPS) is 10.4. The maximum Gasteiger partial charge on any atom is 0.243 e. The van der Waals surface area contributed by atoms with E-state index in [1.165, 1.54) is 11.1 Å². The molecule has 2 aromatic carbocycles. The van der Waals surface area contributed by atoms with E-state index in [0.29, 0.717) is 0 Å². The van der Waals surface area contributed by atoms with Crippen LogP contribution >= 0.6 is 0 Å². The molecule has 0 spiro atoms. The Bertz CT molecular complexity index is 677. The quantitative estimate of drug-likeness (QED) is 0.867. The molecule has 0 saturated carbocycles. The molecule has 0 aliphatic rings.